The maximum atomic E-state index is 12.2. The van der Waals surface area contributed by atoms with Crippen molar-refractivity contribution < 1.29 is 18.3 Å². The Kier molecular flexibility index (Phi) is 9.81. The molecule has 33 heavy (non-hydrogen) atoms. The Hall–Kier alpha value is -1.85. The van der Waals surface area contributed by atoms with Gasteiger partial charge < -0.3 is 20.1 Å². The van der Waals surface area contributed by atoms with Gasteiger partial charge in [-0.2, -0.15) is 0 Å². The standard InChI is InChI=1S/C23H30N2O5S3/c1-31-19-5-2-4-17(16-19)9-12-30-13-15-33(28,29)14-3-10-24-11-8-18-6-7-20(26)21-22(18)32-23(27)25-21/h2,4-7,16,24,26H,3,8-15H2,1H3,(H,25,27). The second-order valence-corrected chi connectivity index (χ2v) is 11.8. The number of fused-ring (bicyclic) bond motifs is 1. The molecule has 7 nitrogen and oxygen atoms in total. The molecular formula is C23H30N2O5S3. The van der Waals surface area contributed by atoms with E-state index < -0.39 is 9.84 Å². The molecule has 0 atom stereocenters. The Labute approximate surface area is 202 Å². The van der Waals surface area contributed by atoms with Gasteiger partial charge in [-0.1, -0.05) is 29.5 Å². The quantitative estimate of drug-likeness (QED) is 0.226. The Bertz CT molecular complexity index is 1200. The second kappa shape index (κ2) is 12.6. The fraction of sp³-hybridized carbons (Fsp3) is 0.435. The van der Waals surface area contributed by atoms with Crippen LogP contribution in [0.1, 0.15) is 17.5 Å². The lowest BCUT2D eigenvalue weighted by atomic mass is 10.1. The maximum Gasteiger partial charge on any atom is 0.305 e. The van der Waals surface area contributed by atoms with Crippen molar-refractivity contribution in [2.24, 2.45) is 0 Å². The molecule has 0 spiro atoms. The van der Waals surface area contributed by atoms with Crippen LogP contribution in [0, 0.1) is 0 Å². The number of ether oxygens (including phenoxy) is 1. The van der Waals surface area contributed by atoms with Crippen molar-refractivity contribution in [1.29, 1.82) is 0 Å². The molecule has 0 bridgehead atoms. The van der Waals surface area contributed by atoms with Crippen molar-refractivity contribution in [3.8, 4) is 5.75 Å². The minimum absolute atomic E-state index is 0.0374. The van der Waals surface area contributed by atoms with E-state index in [1.807, 2.05) is 18.4 Å². The van der Waals surface area contributed by atoms with Crippen molar-refractivity contribution in [1.82, 2.24) is 10.3 Å². The molecule has 0 amide bonds. The summed E-state index contributed by atoms with van der Waals surface area (Å²) < 4.78 is 30.7. The Morgan fingerprint density at radius 1 is 1.12 bits per heavy atom. The van der Waals surface area contributed by atoms with Crippen LogP contribution < -0.4 is 10.2 Å². The molecule has 0 aliphatic carbocycles. The highest BCUT2D eigenvalue weighted by atomic mass is 32.2. The normalized spacial score (nSPS) is 11.9. The summed E-state index contributed by atoms with van der Waals surface area (Å²) in [7, 11) is -3.14. The first-order valence-corrected chi connectivity index (χ1v) is 14.7. The zero-order valence-corrected chi connectivity index (χ0v) is 21.1. The third kappa shape index (κ3) is 8.15. The summed E-state index contributed by atoms with van der Waals surface area (Å²) in [4.78, 5) is 15.2. The van der Waals surface area contributed by atoms with E-state index in [4.69, 9.17) is 4.74 Å². The summed E-state index contributed by atoms with van der Waals surface area (Å²) >= 11 is 2.78. The second-order valence-electron chi connectivity index (χ2n) is 7.68. The van der Waals surface area contributed by atoms with Gasteiger partial charge in [-0.15, -0.1) is 11.8 Å². The van der Waals surface area contributed by atoms with Crippen molar-refractivity contribution in [3.63, 3.8) is 0 Å². The minimum atomic E-state index is -3.14. The summed E-state index contributed by atoms with van der Waals surface area (Å²) in [5.74, 6) is 0.233. The van der Waals surface area contributed by atoms with Crippen LogP contribution in [0.5, 0.6) is 5.75 Å². The molecule has 0 saturated heterocycles. The molecule has 0 fully saturated rings. The van der Waals surface area contributed by atoms with E-state index in [-0.39, 0.29) is 28.7 Å². The fourth-order valence-corrected chi connectivity index (χ4v) is 5.98. The van der Waals surface area contributed by atoms with E-state index in [1.54, 1.807) is 17.8 Å². The molecule has 0 saturated carbocycles. The van der Waals surface area contributed by atoms with E-state index >= 15 is 0 Å². The van der Waals surface area contributed by atoms with E-state index in [0.717, 1.165) is 28.0 Å². The number of phenolic OH excluding ortho intramolecular Hbond substituents is 1. The predicted octanol–water partition coefficient (Wildman–Crippen LogP) is 3.21. The van der Waals surface area contributed by atoms with Crippen molar-refractivity contribution >= 4 is 43.2 Å². The largest absolute Gasteiger partial charge is 0.506 e. The van der Waals surface area contributed by atoms with E-state index in [0.29, 0.717) is 38.1 Å². The molecular weight excluding hydrogens is 480 g/mol. The number of aromatic hydroxyl groups is 1. The van der Waals surface area contributed by atoms with Gasteiger partial charge in [0.05, 0.1) is 29.4 Å². The lowest BCUT2D eigenvalue weighted by Crippen LogP contribution is -2.23. The van der Waals surface area contributed by atoms with Crippen LogP contribution in [-0.2, 0) is 27.4 Å². The fourth-order valence-electron chi connectivity index (χ4n) is 3.44. The van der Waals surface area contributed by atoms with Gasteiger partial charge >= 0.3 is 4.87 Å². The van der Waals surface area contributed by atoms with Gasteiger partial charge in [0.15, 0.2) is 9.84 Å². The minimum Gasteiger partial charge on any atom is -0.506 e. The predicted molar refractivity (Wildman–Crippen MR) is 137 cm³/mol. The van der Waals surface area contributed by atoms with Crippen LogP contribution in [-0.4, -0.2) is 62.6 Å². The van der Waals surface area contributed by atoms with Gasteiger partial charge in [0.2, 0.25) is 0 Å². The number of nitrogens with one attached hydrogen (secondary N) is 2. The highest BCUT2D eigenvalue weighted by Gasteiger charge is 2.11. The third-order valence-electron chi connectivity index (χ3n) is 5.23. The Morgan fingerprint density at radius 2 is 1.97 bits per heavy atom. The van der Waals surface area contributed by atoms with Crippen LogP contribution in [0.15, 0.2) is 46.1 Å². The molecule has 1 heterocycles. The molecule has 3 aromatic rings. The molecule has 3 rings (SSSR count). The number of hydrogen-bond donors (Lipinski definition) is 3. The SMILES string of the molecule is CSc1cccc(CCOCCS(=O)(=O)CCCNCCc2ccc(O)c3[nH]c(=O)sc23)c1. The lowest BCUT2D eigenvalue weighted by Gasteiger charge is -2.08. The monoisotopic (exact) mass is 510 g/mol. The molecule has 180 valence electrons. The van der Waals surface area contributed by atoms with Crippen LogP contribution in [0.3, 0.4) is 0 Å². The summed E-state index contributed by atoms with van der Waals surface area (Å²) in [5.41, 5.74) is 2.64. The zero-order chi connectivity index (χ0) is 23.7. The summed E-state index contributed by atoms with van der Waals surface area (Å²) in [5, 5.41) is 13.1. The van der Waals surface area contributed by atoms with E-state index in [1.165, 1.54) is 10.5 Å². The van der Waals surface area contributed by atoms with Gasteiger partial charge in [-0.05, 0) is 67.9 Å². The summed E-state index contributed by atoms with van der Waals surface area (Å²) in [6, 6.07) is 11.7. The van der Waals surface area contributed by atoms with Gasteiger partial charge in [-0.3, -0.25) is 4.79 Å². The van der Waals surface area contributed by atoms with Gasteiger partial charge in [-0.25, -0.2) is 8.42 Å². The molecule has 2 aromatic carbocycles. The highest BCUT2D eigenvalue weighted by molar-refractivity contribution is 7.98. The van der Waals surface area contributed by atoms with Crippen LogP contribution >= 0.6 is 23.1 Å². The first-order chi connectivity index (χ1) is 15.9. The van der Waals surface area contributed by atoms with Crippen molar-refractivity contribution in [3.05, 3.63) is 57.2 Å². The van der Waals surface area contributed by atoms with Crippen LogP contribution in [0.2, 0.25) is 0 Å². The number of aromatic nitrogens is 1. The molecule has 1 aromatic heterocycles. The number of hydrogen-bond acceptors (Lipinski definition) is 8. The number of sulfone groups is 1. The first kappa shape index (κ1) is 25.8. The lowest BCUT2D eigenvalue weighted by molar-refractivity contribution is 0.152. The average Bonchev–Trinajstić information content (AvgIpc) is 3.20. The first-order valence-electron chi connectivity index (χ1n) is 10.8. The number of aromatic amines is 1. The van der Waals surface area contributed by atoms with E-state index in [2.05, 4.69) is 28.5 Å². The molecule has 0 aliphatic heterocycles. The molecule has 10 heteroatoms. The van der Waals surface area contributed by atoms with Gasteiger partial charge in [0.1, 0.15) is 11.3 Å². The highest BCUT2D eigenvalue weighted by Crippen LogP contribution is 2.27. The van der Waals surface area contributed by atoms with Gasteiger partial charge in [0.25, 0.3) is 0 Å². The van der Waals surface area contributed by atoms with Crippen molar-refractivity contribution in [2.75, 3.05) is 44.1 Å². The van der Waals surface area contributed by atoms with E-state index in [9.17, 15) is 18.3 Å². The van der Waals surface area contributed by atoms with Crippen LogP contribution in [0.4, 0.5) is 0 Å². The topological polar surface area (TPSA) is 108 Å². The number of H-pyrrole nitrogens is 1. The molecule has 0 unspecified atom stereocenters. The Balaban J connectivity index is 1.28. The number of benzene rings is 2. The third-order valence-corrected chi connectivity index (χ3v) is 8.61. The van der Waals surface area contributed by atoms with Crippen LogP contribution in [0.25, 0.3) is 10.2 Å². The molecule has 0 radical (unpaired) electrons. The van der Waals surface area contributed by atoms with Gasteiger partial charge in [0, 0.05) is 4.90 Å². The average molecular weight is 511 g/mol. The zero-order valence-electron chi connectivity index (χ0n) is 18.6. The summed E-state index contributed by atoms with van der Waals surface area (Å²) in [6.07, 6.45) is 4.03. The number of phenols is 1. The summed E-state index contributed by atoms with van der Waals surface area (Å²) in [6.45, 7) is 1.98. The number of thioether (sulfide) groups is 1. The smallest absolute Gasteiger partial charge is 0.305 e. The molecule has 0 aliphatic rings. The number of rotatable bonds is 14. The Morgan fingerprint density at radius 3 is 2.79 bits per heavy atom. The van der Waals surface area contributed by atoms with Crippen molar-refractivity contribution in [2.45, 2.75) is 24.2 Å². The number of thiazole rings is 1. The maximum absolute atomic E-state index is 12.2. The molecule has 3 N–H and O–H groups in total.